The first kappa shape index (κ1) is 14.5. The quantitative estimate of drug-likeness (QED) is 0.909. The molecule has 1 amide bonds. The maximum Gasteiger partial charge on any atom is 0.326 e. The molecule has 1 fully saturated rings. The van der Waals surface area contributed by atoms with Gasteiger partial charge in [0.2, 0.25) is 5.91 Å². The Morgan fingerprint density at radius 1 is 1.50 bits per heavy atom. The third-order valence-corrected chi connectivity index (χ3v) is 3.82. The Balaban J connectivity index is 1.95. The molecule has 2 atom stereocenters. The van der Waals surface area contributed by atoms with Gasteiger partial charge in [0.15, 0.2) is 0 Å². The molecule has 2 heterocycles. The molecular formula is C15H20N2O3. The normalized spacial score (nSPS) is 22.6. The monoisotopic (exact) mass is 276 g/mol. The van der Waals surface area contributed by atoms with E-state index in [1.807, 2.05) is 19.1 Å². The molecule has 0 bridgehead atoms. The molecule has 1 aliphatic rings. The van der Waals surface area contributed by atoms with Crippen LogP contribution in [0.2, 0.25) is 0 Å². The average molecular weight is 276 g/mol. The maximum absolute atomic E-state index is 12.2. The minimum absolute atomic E-state index is 0.0758. The van der Waals surface area contributed by atoms with Crippen molar-refractivity contribution < 1.29 is 14.7 Å². The summed E-state index contributed by atoms with van der Waals surface area (Å²) in [6, 6.07) is 3.09. The molecule has 0 radical (unpaired) electrons. The van der Waals surface area contributed by atoms with Crippen molar-refractivity contribution in [3.63, 3.8) is 0 Å². The Kier molecular flexibility index (Phi) is 4.71. The van der Waals surface area contributed by atoms with Crippen molar-refractivity contribution in [2.45, 2.75) is 38.6 Å². The largest absolute Gasteiger partial charge is 0.480 e. The molecule has 5 nitrogen and oxygen atoms in total. The van der Waals surface area contributed by atoms with Crippen molar-refractivity contribution >= 4 is 11.9 Å². The van der Waals surface area contributed by atoms with E-state index in [4.69, 9.17) is 0 Å². The third-order valence-electron chi connectivity index (χ3n) is 3.82. The first-order chi connectivity index (χ1) is 9.58. The van der Waals surface area contributed by atoms with E-state index in [-0.39, 0.29) is 5.91 Å². The molecule has 20 heavy (non-hydrogen) atoms. The molecular weight excluding hydrogens is 256 g/mol. The van der Waals surface area contributed by atoms with Gasteiger partial charge >= 0.3 is 5.97 Å². The van der Waals surface area contributed by atoms with Crippen molar-refractivity contribution in [2.24, 2.45) is 5.92 Å². The first-order valence-corrected chi connectivity index (χ1v) is 6.99. The van der Waals surface area contributed by atoms with E-state index in [1.54, 1.807) is 12.4 Å². The van der Waals surface area contributed by atoms with E-state index in [0.717, 1.165) is 12.0 Å². The standard InChI is InChI=1S/C15H20N2O3/c1-11-6-8-17(13(9-11)15(19)20)14(18)5-4-12-3-2-7-16-10-12/h2-3,7,10-11,13H,4-6,8-9H2,1H3,(H,19,20). The van der Waals surface area contributed by atoms with Crippen LogP contribution in [-0.4, -0.2) is 39.5 Å². The van der Waals surface area contributed by atoms with Gasteiger partial charge in [0.25, 0.3) is 0 Å². The van der Waals surface area contributed by atoms with Crippen LogP contribution in [0.25, 0.3) is 0 Å². The highest BCUT2D eigenvalue weighted by Crippen LogP contribution is 2.23. The van der Waals surface area contributed by atoms with Crippen LogP contribution in [-0.2, 0) is 16.0 Å². The number of aryl methyl sites for hydroxylation is 1. The predicted molar refractivity (Wildman–Crippen MR) is 74.1 cm³/mol. The third kappa shape index (κ3) is 3.56. The fourth-order valence-corrected chi connectivity index (χ4v) is 2.62. The van der Waals surface area contributed by atoms with Crippen LogP contribution in [0.4, 0.5) is 0 Å². The Labute approximate surface area is 118 Å². The summed E-state index contributed by atoms with van der Waals surface area (Å²) in [6.07, 6.45) is 5.79. The molecule has 1 aliphatic heterocycles. The summed E-state index contributed by atoms with van der Waals surface area (Å²) in [5.41, 5.74) is 0.998. The summed E-state index contributed by atoms with van der Waals surface area (Å²) in [6.45, 7) is 2.58. The van der Waals surface area contributed by atoms with Crippen LogP contribution in [0.3, 0.4) is 0 Å². The lowest BCUT2D eigenvalue weighted by Crippen LogP contribution is -2.49. The summed E-state index contributed by atoms with van der Waals surface area (Å²) in [5.74, 6) is -0.613. The lowest BCUT2D eigenvalue weighted by molar-refractivity contribution is -0.153. The fourth-order valence-electron chi connectivity index (χ4n) is 2.62. The highest BCUT2D eigenvalue weighted by atomic mass is 16.4. The number of aromatic nitrogens is 1. The number of piperidine rings is 1. The van der Waals surface area contributed by atoms with Gasteiger partial charge in [0, 0.05) is 25.4 Å². The zero-order chi connectivity index (χ0) is 14.5. The van der Waals surface area contributed by atoms with E-state index in [2.05, 4.69) is 4.98 Å². The summed E-state index contributed by atoms with van der Waals surface area (Å²) in [5, 5.41) is 9.26. The molecule has 0 spiro atoms. The zero-order valence-corrected chi connectivity index (χ0v) is 11.7. The summed E-state index contributed by atoms with van der Waals surface area (Å²) >= 11 is 0. The number of carboxylic acid groups (broad SMARTS) is 1. The number of hydrogen-bond acceptors (Lipinski definition) is 3. The van der Waals surface area contributed by atoms with E-state index in [1.165, 1.54) is 4.90 Å². The van der Waals surface area contributed by atoms with E-state index in [9.17, 15) is 14.7 Å². The molecule has 0 saturated carbocycles. The lowest BCUT2D eigenvalue weighted by Gasteiger charge is -2.36. The summed E-state index contributed by atoms with van der Waals surface area (Å²) < 4.78 is 0. The Bertz CT molecular complexity index is 475. The van der Waals surface area contributed by atoms with Gasteiger partial charge in [-0.1, -0.05) is 13.0 Å². The minimum atomic E-state index is -0.897. The van der Waals surface area contributed by atoms with Crippen LogP contribution in [0.5, 0.6) is 0 Å². The van der Waals surface area contributed by atoms with E-state index in [0.29, 0.717) is 31.7 Å². The van der Waals surface area contributed by atoms with Crippen molar-refractivity contribution in [3.05, 3.63) is 30.1 Å². The number of hydrogen-bond donors (Lipinski definition) is 1. The highest BCUT2D eigenvalue weighted by Gasteiger charge is 2.34. The number of likely N-dealkylation sites (tertiary alicyclic amines) is 1. The minimum Gasteiger partial charge on any atom is -0.480 e. The molecule has 1 aromatic heterocycles. The molecule has 108 valence electrons. The van der Waals surface area contributed by atoms with Crippen LogP contribution in [0, 0.1) is 5.92 Å². The molecule has 2 rings (SSSR count). The SMILES string of the molecule is CC1CCN(C(=O)CCc2cccnc2)C(C(=O)O)C1. The highest BCUT2D eigenvalue weighted by molar-refractivity contribution is 5.84. The molecule has 5 heteroatoms. The van der Waals surface area contributed by atoms with Crippen molar-refractivity contribution in [2.75, 3.05) is 6.54 Å². The van der Waals surface area contributed by atoms with Gasteiger partial charge in [0.05, 0.1) is 0 Å². The smallest absolute Gasteiger partial charge is 0.326 e. The molecule has 1 aromatic rings. The maximum atomic E-state index is 12.2. The Hall–Kier alpha value is -1.91. The molecule has 1 N–H and O–H groups in total. The zero-order valence-electron chi connectivity index (χ0n) is 11.7. The summed E-state index contributed by atoms with van der Waals surface area (Å²) in [7, 11) is 0. The number of carboxylic acids is 1. The molecule has 0 aromatic carbocycles. The predicted octanol–water partition coefficient (Wildman–Crippen LogP) is 1.73. The van der Waals surface area contributed by atoms with Crippen LogP contribution in [0.1, 0.15) is 31.7 Å². The lowest BCUT2D eigenvalue weighted by atomic mass is 9.92. The molecule has 2 unspecified atom stereocenters. The van der Waals surface area contributed by atoms with Gasteiger partial charge < -0.3 is 10.0 Å². The molecule has 1 saturated heterocycles. The second-order valence-electron chi connectivity index (χ2n) is 5.43. The number of nitrogens with zero attached hydrogens (tertiary/aromatic N) is 2. The van der Waals surface area contributed by atoms with Crippen LogP contribution >= 0.6 is 0 Å². The van der Waals surface area contributed by atoms with Gasteiger partial charge in [-0.3, -0.25) is 9.78 Å². The fraction of sp³-hybridized carbons (Fsp3) is 0.533. The number of aliphatic carboxylic acids is 1. The topological polar surface area (TPSA) is 70.5 Å². The second kappa shape index (κ2) is 6.50. The van der Waals surface area contributed by atoms with E-state index < -0.39 is 12.0 Å². The van der Waals surface area contributed by atoms with Gasteiger partial charge in [0.1, 0.15) is 6.04 Å². The number of carbonyl (C=O) groups excluding carboxylic acids is 1. The number of carbonyl (C=O) groups is 2. The van der Waals surface area contributed by atoms with E-state index >= 15 is 0 Å². The first-order valence-electron chi connectivity index (χ1n) is 6.99. The summed E-state index contributed by atoms with van der Waals surface area (Å²) in [4.78, 5) is 29.1. The van der Waals surface area contributed by atoms with Crippen molar-refractivity contribution in [3.8, 4) is 0 Å². The number of rotatable bonds is 4. The number of amides is 1. The van der Waals surface area contributed by atoms with Gasteiger partial charge in [-0.25, -0.2) is 4.79 Å². The second-order valence-corrected chi connectivity index (χ2v) is 5.43. The molecule has 0 aliphatic carbocycles. The van der Waals surface area contributed by atoms with Crippen molar-refractivity contribution in [1.29, 1.82) is 0 Å². The van der Waals surface area contributed by atoms with Crippen LogP contribution in [0.15, 0.2) is 24.5 Å². The number of pyridine rings is 1. The van der Waals surface area contributed by atoms with Crippen molar-refractivity contribution in [1.82, 2.24) is 9.88 Å². The van der Waals surface area contributed by atoms with Gasteiger partial charge in [-0.2, -0.15) is 0 Å². The Morgan fingerprint density at radius 2 is 2.30 bits per heavy atom. The average Bonchev–Trinajstić information content (AvgIpc) is 2.45. The van der Waals surface area contributed by atoms with Gasteiger partial charge in [-0.05, 0) is 36.8 Å². The van der Waals surface area contributed by atoms with Crippen LogP contribution < -0.4 is 0 Å². The van der Waals surface area contributed by atoms with Gasteiger partial charge in [-0.15, -0.1) is 0 Å². The Morgan fingerprint density at radius 3 is 2.95 bits per heavy atom.